The topological polar surface area (TPSA) is 33.1 Å². The Hall–Kier alpha value is -3.15. The number of benzene rings is 3. The first kappa shape index (κ1) is 23.9. The van der Waals surface area contributed by atoms with Crippen LogP contribution in [-0.2, 0) is 6.54 Å². The molecule has 4 nitrogen and oxygen atoms in total. The number of rotatable bonds is 4. The monoisotopic (exact) mass is 538 g/mol. The Bertz CT molecular complexity index is 1490. The zero-order chi connectivity index (χ0) is 25.7. The molecule has 1 saturated carbocycles. The third-order valence-corrected chi connectivity index (χ3v) is 10.1. The van der Waals surface area contributed by atoms with Gasteiger partial charge in [0.15, 0.2) is 0 Å². The lowest BCUT2D eigenvalue weighted by Crippen LogP contribution is -2.44. The summed E-state index contributed by atoms with van der Waals surface area (Å²) < 4.78 is 2.09. The molecule has 0 bridgehead atoms. The van der Waals surface area contributed by atoms with E-state index >= 15 is 0 Å². The number of nitrogens with one attached hydrogen (secondary N) is 1. The molecule has 1 spiro atoms. The predicted molar refractivity (Wildman–Crippen MR) is 158 cm³/mol. The first-order valence-corrected chi connectivity index (χ1v) is 14.7. The van der Waals surface area contributed by atoms with Gasteiger partial charge in [0.25, 0.3) is 0 Å². The van der Waals surface area contributed by atoms with Crippen molar-refractivity contribution >= 4 is 29.2 Å². The van der Waals surface area contributed by atoms with Crippen molar-refractivity contribution in [2.45, 2.75) is 56.4 Å². The van der Waals surface area contributed by atoms with Gasteiger partial charge >= 0.3 is 0 Å². The van der Waals surface area contributed by atoms with Crippen molar-refractivity contribution in [1.82, 2.24) is 14.7 Å². The number of aromatic nitrogens is 2. The highest BCUT2D eigenvalue weighted by atomic mass is 35.5. The second-order valence-corrected chi connectivity index (χ2v) is 12.4. The maximum atomic E-state index is 6.35. The highest BCUT2D eigenvalue weighted by Gasteiger charge is 2.51. The summed E-state index contributed by atoms with van der Waals surface area (Å²) in [5.74, 6) is 2.42. The summed E-state index contributed by atoms with van der Waals surface area (Å²) in [4.78, 5) is 4.16. The first-order chi connectivity index (χ1) is 18.6. The standard InChI is InChI=1S/C32H31ClN4S/c1-22-27-28(24-15-17-25(33)18-16-24)29-31(34-30(27)37(35-22)26-13-7-3-8-14-26)36(21-23-11-5-2-6-12-23)32(38-29)19-9-4-10-20-32/h2-3,5-8,11-18,28,34H,4,9-10,19-21H2,1H3. The Kier molecular flexibility index (Phi) is 6.01. The molecule has 1 N–H and O–H groups in total. The molecule has 192 valence electrons. The number of allylic oxidation sites excluding steroid dienone is 1. The number of hydrogen-bond acceptors (Lipinski definition) is 4. The zero-order valence-corrected chi connectivity index (χ0v) is 23.1. The van der Waals surface area contributed by atoms with Crippen molar-refractivity contribution in [1.29, 1.82) is 0 Å². The fourth-order valence-corrected chi connectivity index (χ4v) is 8.34. The molecule has 6 heteroatoms. The summed E-state index contributed by atoms with van der Waals surface area (Å²) in [6, 6.07) is 29.8. The second kappa shape index (κ2) is 9.55. The predicted octanol–water partition coefficient (Wildman–Crippen LogP) is 8.47. The molecule has 1 unspecified atom stereocenters. The molecule has 4 aromatic rings. The highest BCUT2D eigenvalue weighted by Crippen LogP contribution is 2.61. The minimum atomic E-state index is 0.0683. The van der Waals surface area contributed by atoms with Crippen LogP contribution >= 0.6 is 23.4 Å². The van der Waals surface area contributed by atoms with Crippen LogP contribution < -0.4 is 5.32 Å². The number of hydrogen-bond donors (Lipinski definition) is 1. The van der Waals surface area contributed by atoms with Crippen molar-refractivity contribution in [3.05, 3.63) is 123 Å². The van der Waals surface area contributed by atoms with E-state index < -0.39 is 0 Å². The molecular weight excluding hydrogens is 508 g/mol. The molecule has 7 rings (SSSR count). The summed E-state index contributed by atoms with van der Waals surface area (Å²) in [5, 5.41) is 9.79. The molecule has 1 atom stereocenters. The Balaban J connectivity index is 1.42. The van der Waals surface area contributed by atoms with Gasteiger partial charge in [-0.1, -0.05) is 103 Å². The Morgan fingerprint density at radius 1 is 0.921 bits per heavy atom. The van der Waals surface area contributed by atoms with E-state index in [9.17, 15) is 0 Å². The summed E-state index contributed by atoms with van der Waals surface area (Å²) in [5.41, 5.74) is 5.99. The second-order valence-electron chi connectivity index (χ2n) is 10.6. The molecule has 1 aliphatic carbocycles. The lowest BCUT2D eigenvalue weighted by Gasteiger charge is -2.43. The van der Waals surface area contributed by atoms with E-state index in [1.807, 2.05) is 12.1 Å². The van der Waals surface area contributed by atoms with Crippen LogP contribution in [0.25, 0.3) is 5.69 Å². The van der Waals surface area contributed by atoms with Crippen molar-refractivity contribution in [3.8, 4) is 5.69 Å². The Morgan fingerprint density at radius 3 is 2.32 bits per heavy atom. The van der Waals surface area contributed by atoms with Gasteiger partial charge in [-0.2, -0.15) is 5.10 Å². The van der Waals surface area contributed by atoms with Gasteiger partial charge < -0.3 is 10.2 Å². The molecule has 0 amide bonds. The van der Waals surface area contributed by atoms with Crippen LogP contribution in [0.3, 0.4) is 0 Å². The molecular formula is C32H31ClN4S. The summed E-state index contributed by atoms with van der Waals surface area (Å²) in [6.45, 7) is 3.03. The minimum Gasteiger partial charge on any atom is -0.338 e. The van der Waals surface area contributed by atoms with E-state index in [1.165, 1.54) is 59.5 Å². The third-order valence-electron chi connectivity index (χ3n) is 8.21. The van der Waals surface area contributed by atoms with Gasteiger partial charge in [-0.15, -0.1) is 0 Å². The highest BCUT2D eigenvalue weighted by molar-refractivity contribution is 8.04. The smallest absolute Gasteiger partial charge is 0.139 e. The van der Waals surface area contributed by atoms with Gasteiger partial charge in [-0.3, -0.25) is 0 Å². The molecule has 0 radical (unpaired) electrons. The molecule has 38 heavy (non-hydrogen) atoms. The van der Waals surface area contributed by atoms with Crippen LogP contribution in [0.5, 0.6) is 0 Å². The Labute approximate surface area is 233 Å². The van der Waals surface area contributed by atoms with Crippen molar-refractivity contribution < 1.29 is 0 Å². The van der Waals surface area contributed by atoms with E-state index in [1.54, 1.807) is 0 Å². The fourth-order valence-electron chi connectivity index (χ4n) is 6.41. The van der Waals surface area contributed by atoms with Crippen LogP contribution in [0.15, 0.2) is 95.7 Å². The zero-order valence-electron chi connectivity index (χ0n) is 21.5. The fraction of sp³-hybridized carbons (Fsp3) is 0.281. The van der Waals surface area contributed by atoms with Crippen LogP contribution in [0.4, 0.5) is 5.82 Å². The number of fused-ring (bicyclic) bond motifs is 1. The van der Waals surface area contributed by atoms with E-state index in [2.05, 4.69) is 106 Å². The third kappa shape index (κ3) is 3.95. The maximum absolute atomic E-state index is 6.35. The van der Waals surface area contributed by atoms with Crippen molar-refractivity contribution in [2.75, 3.05) is 5.32 Å². The van der Waals surface area contributed by atoms with E-state index in [-0.39, 0.29) is 10.8 Å². The normalized spacial score (nSPS) is 19.8. The molecule has 3 aromatic carbocycles. The van der Waals surface area contributed by atoms with Crippen molar-refractivity contribution in [3.63, 3.8) is 0 Å². The largest absolute Gasteiger partial charge is 0.338 e. The maximum Gasteiger partial charge on any atom is 0.139 e. The lowest BCUT2D eigenvalue weighted by molar-refractivity contribution is 0.169. The number of para-hydroxylation sites is 1. The van der Waals surface area contributed by atoms with Gasteiger partial charge in [-0.25, -0.2) is 4.68 Å². The van der Waals surface area contributed by atoms with E-state index in [4.69, 9.17) is 16.7 Å². The minimum absolute atomic E-state index is 0.0683. The molecule has 0 saturated heterocycles. The summed E-state index contributed by atoms with van der Waals surface area (Å²) >= 11 is 8.46. The summed E-state index contributed by atoms with van der Waals surface area (Å²) in [6.07, 6.45) is 6.27. The molecule has 1 fully saturated rings. The number of aryl methyl sites for hydroxylation is 1. The van der Waals surface area contributed by atoms with Gasteiger partial charge in [0.05, 0.1) is 16.3 Å². The molecule has 3 aliphatic rings. The lowest BCUT2D eigenvalue weighted by atomic mass is 9.88. The SMILES string of the molecule is Cc1nn(-c2ccccc2)c2c1C(c1ccc(Cl)cc1)C1=C(N2)N(Cc2ccccc2)C2(CCCCC2)S1. The number of halogens is 1. The van der Waals surface area contributed by atoms with E-state index in [0.29, 0.717) is 0 Å². The number of thioether (sulfide) groups is 1. The average molecular weight is 539 g/mol. The number of anilines is 1. The summed E-state index contributed by atoms with van der Waals surface area (Å²) in [7, 11) is 0. The van der Waals surface area contributed by atoms with Gasteiger partial charge in [0.1, 0.15) is 11.6 Å². The van der Waals surface area contributed by atoms with Crippen LogP contribution in [-0.4, -0.2) is 19.6 Å². The molecule has 1 aromatic heterocycles. The Morgan fingerprint density at radius 2 is 1.61 bits per heavy atom. The quantitative estimate of drug-likeness (QED) is 0.282. The number of nitrogens with zero attached hydrogens (tertiary/aromatic N) is 3. The van der Waals surface area contributed by atoms with Crippen molar-refractivity contribution in [2.24, 2.45) is 0 Å². The van der Waals surface area contributed by atoms with Crippen LogP contribution in [0.1, 0.15) is 60.4 Å². The first-order valence-electron chi connectivity index (χ1n) is 13.6. The van der Waals surface area contributed by atoms with Crippen LogP contribution in [0, 0.1) is 6.92 Å². The van der Waals surface area contributed by atoms with Gasteiger partial charge in [-0.05, 0) is 55.2 Å². The van der Waals surface area contributed by atoms with Gasteiger partial charge in [0.2, 0.25) is 0 Å². The van der Waals surface area contributed by atoms with Crippen LogP contribution in [0.2, 0.25) is 5.02 Å². The van der Waals surface area contributed by atoms with Gasteiger partial charge in [0, 0.05) is 28.0 Å². The molecule has 3 heterocycles. The average Bonchev–Trinajstić information content (AvgIpc) is 3.43. The molecule has 2 aliphatic heterocycles. The van der Waals surface area contributed by atoms with E-state index in [0.717, 1.165) is 28.8 Å².